The molecule has 2 rings (SSSR count). The van der Waals surface area contributed by atoms with Crippen LogP contribution in [0.5, 0.6) is 0 Å². The van der Waals surface area contributed by atoms with Crippen molar-refractivity contribution in [3.05, 3.63) is 45.0 Å². The lowest BCUT2D eigenvalue weighted by atomic mass is 10.3. The van der Waals surface area contributed by atoms with Crippen LogP contribution in [0.3, 0.4) is 0 Å². The second kappa shape index (κ2) is 6.24. The third kappa shape index (κ3) is 3.49. The maximum Gasteiger partial charge on any atom is 0.132 e. The molecule has 18 heavy (non-hydrogen) atoms. The van der Waals surface area contributed by atoms with Crippen LogP contribution in [0.25, 0.3) is 0 Å². The number of halogens is 2. The molecule has 1 heterocycles. The fraction of sp³-hybridized carbons (Fsp3) is 0.154. The van der Waals surface area contributed by atoms with Crippen LogP contribution in [0.2, 0.25) is 5.02 Å². The molecule has 0 amide bonds. The first-order valence-electron chi connectivity index (χ1n) is 5.62. The highest BCUT2D eigenvalue weighted by Crippen LogP contribution is 2.26. The first-order chi connectivity index (χ1) is 8.69. The van der Waals surface area contributed by atoms with Gasteiger partial charge in [0, 0.05) is 10.1 Å². The maximum atomic E-state index is 6.17. The van der Waals surface area contributed by atoms with Crippen LogP contribution in [-0.2, 0) is 0 Å². The Balaban J connectivity index is 2.20. The maximum absolute atomic E-state index is 6.17. The Labute approximate surface area is 125 Å². The van der Waals surface area contributed by atoms with E-state index in [1.807, 2.05) is 43.3 Å². The van der Waals surface area contributed by atoms with E-state index in [4.69, 9.17) is 11.6 Å². The Morgan fingerprint density at radius 2 is 2.00 bits per heavy atom. The molecule has 94 valence electrons. The number of anilines is 3. The highest BCUT2D eigenvalue weighted by atomic mass is 127. The fourth-order valence-corrected chi connectivity index (χ4v) is 2.42. The van der Waals surface area contributed by atoms with Crippen LogP contribution in [0.1, 0.15) is 6.92 Å². The quantitative estimate of drug-likeness (QED) is 0.774. The van der Waals surface area contributed by atoms with Gasteiger partial charge in [0.05, 0.1) is 10.7 Å². The van der Waals surface area contributed by atoms with E-state index in [1.54, 1.807) is 0 Å². The summed E-state index contributed by atoms with van der Waals surface area (Å²) >= 11 is 8.40. The second-order valence-electron chi connectivity index (χ2n) is 3.69. The number of hydrogen-bond donors (Lipinski definition) is 2. The molecule has 0 fully saturated rings. The first-order valence-corrected chi connectivity index (χ1v) is 7.07. The van der Waals surface area contributed by atoms with Gasteiger partial charge in [-0.25, -0.2) is 4.98 Å². The molecule has 2 aromatic rings. The molecule has 0 spiro atoms. The zero-order valence-electron chi connectivity index (χ0n) is 9.87. The van der Waals surface area contributed by atoms with E-state index >= 15 is 0 Å². The number of nitrogens with zero attached hydrogens (tertiary/aromatic N) is 1. The zero-order valence-corrected chi connectivity index (χ0v) is 12.8. The minimum absolute atomic E-state index is 0.692. The molecule has 0 bridgehead atoms. The van der Waals surface area contributed by atoms with Crippen molar-refractivity contribution < 1.29 is 0 Å². The summed E-state index contributed by atoms with van der Waals surface area (Å²) in [6.07, 6.45) is 0. The molecule has 0 unspecified atom stereocenters. The van der Waals surface area contributed by atoms with Gasteiger partial charge in [0.25, 0.3) is 0 Å². The first kappa shape index (κ1) is 13.4. The number of pyridine rings is 1. The average molecular weight is 374 g/mol. The minimum atomic E-state index is 0.692. The third-order valence-electron chi connectivity index (χ3n) is 2.30. The molecule has 2 N–H and O–H groups in total. The molecule has 0 aliphatic carbocycles. The van der Waals surface area contributed by atoms with E-state index in [0.29, 0.717) is 5.02 Å². The summed E-state index contributed by atoms with van der Waals surface area (Å²) in [6, 6.07) is 11.7. The van der Waals surface area contributed by atoms with E-state index in [-0.39, 0.29) is 0 Å². The van der Waals surface area contributed by atoms with E-state index < -0.39 is 0 Å². The lowest BCUT2D eigenvalue weighted by molar-refractivity contribution is 1.16. The standard InChI is InChI=1S/C13H13ClIN3/c1-2-16-12-4-3-5-13(18-12)17-11-7-6-9(15)8-10(11)14/h3-8H,2H2,1H3,(H2,16,17,18). The van der Waals surface area contributed by atoms with Gasteiger partial charge in [0.1, 0.15) is 11.6 Å². The molecule has 0 radical (unpaired) electrons. The number of rotatable bonds is 4. The second-order valence-corrected chi connectivity index (χ2v) is 5.34. The minimum Gasteiger partial charge on any atom is -0.370 e. The van der Waals surface area contributed by atoms with Gasteiger partial charge < -0.3 is 10.6 Å². The number of hydrogen-bond acceptors (Lipinski definition) is 3. The molecular weight excluding hydrogens is 361 g/mol. The Morgan fingerprint density at radius 3 is 2.72 bits per heavy atom. The normalized spacial score (nSPS) is 10.2. The Kier molecular flexibility index (Phi) is 4.66. The SMILES string of the molecule is CCNc1cccc(Nc2ccc(I)cc2Cl)n1. The van der Waals surface area contributed by atoms with Crippen LogP contribution in [0.15, 0.2) is 36.4 Å². The molecule has 0 aliphatic heterocycles. The van der Waals surface area contributed by atoms with Crippen LogP contribution in [0.4, 0.5) is 17.3 Å². The Hall–Kier alpha value is -1.01. The Morgan fingerprint density at radius 1 is 1.22 bits per heavy atom. The van der Waals surface area contributed by atoms with Gasteiger partial charge in [0.15, 0.2) is 0 Å². The van der Waals surface area contributed by atoms with Crippen LogP contribution in [-0.4, -0.2) is 11.5 Å². The van der Waals surface area contributed by atoms with Gasteiger partial charge in [-0.1, -0.05) is 17.7 Å². The highest BCUT2D eigenvalue weighted by Gasteiger charge is 2.02. The van der Waals surface area contributed by atoms with E-state index in [9.17, 15) is 0 Å². The van der Waals surface area contributed by atoms with Crippen molar-refractivity contribution in [2.45, 2.75) is 6.92 Å². The lowest BCUT2D eigenvalue weighted by Gasteiger charge is -2.09. The van der Waals surface area contributed by atoms with Gasteiger partial charge in [-0.2, -0.15) is 0 Å². The monoisotopic (exact) mass is 373 g/mol. The summed E-state index contributed by atoms with van der Waals surface area (Å²) in [7, 11) is 0. The molecule has 1 aromatic heterocycles. The topological polar surface area (TPSA) is 37.0 Å². The predicted molar refractivity (Wildman–Crippen MR) is 85.9 cm³/mol. The molecule has 1 aromatic carbocycles. The van der Waals surface area contributed by atoms with Gasteiger partial charge in [-0.05, 0) is 59.8 Å². The zero-order chi connectivity index (χ0) is 13.0. The number of benzene rings is 1. The van der Waals surface area contributed by atoms with Crippen LogP contribution >= 0.6 is 34.2 Å². The fourth-order valence-electron chi connectivity index (χ4n) is 1.51. The summed E-state index contributed by atoms with van der Waals surface area (Å²) in [4.78, 5) is 4.44. The van der Waals surface area contributed by atoms with E-state index in [1.165, 1.54) is 0 Å². The number of nitrogens with one attached hydrogen (secondary N) is 2. The van der Waals surface area contributed by atoms with Crippen LogP contribution < -0.4 is 10.6 Å². The molecule has 0 aliphatic rings. The van der Waals surface area contributed by atoms with Gasteiger partial charge >= 0.3 is 0 Å². The third-order valence-corrected chi connectivity index (χ3v) is 3.28. The van der Waals surface area contributed by atoms with Crippen molar-refractivity contribution in [1.82, 2.24) is 4.98 Å². The summed E-state index contributed by atoms with van der Waals surface area (Å²) in [5.74, 6) is 1.63. The summed E-state index contributed by atoms with van der Waals surface area (Å²) in [6.45, 7) is 2.89. The smallest absolute Gasteiger partial charge is 0.132 e. The molecular formula is C13H13ClIN3. The van der Waals surface area contributed by atoms with Crippen molar-refractivity contribution >= 4 is 51.5 Å². The van der Waals surface area contributed by atoms with Gasteiger partial charge in [0.2, 0.25) is 0 Å². The molecule has 0 saturated heterocycles. The number of aromatic nitrogens is 1. The van der Waals surface area contributed by atoms with Crippen LogP contribution in [0, 0.1) is 3.57 Å². The lowest BCUT2D eigenvalue weighted by Crippen LogP contribution is -2.01. The van der Waals surface area contributed by atoms with Crippen molar-refractivity contribution in [2.75, 3.05) is 17.2 Å². The Bertz CT molecular complexity index is 546. The van der Waals surface area contributed by atoms with Gasteiger partial charge in [-0.3, -0.25) is 0 Å². The summed E-state index contributed by atoms with van der Waals surface area (Å²) in [5, 5.41) is 7.08. The van der Waals surface area contributed by atoms with E-state index in [0.717, 1.165) is 27.4 Å². The molecule has 5 heteroatoms. The largest absolute Gasteiger partial charge is 0.370 e. The van der Waals surface area contributed by atoms with Crippen molar-refractivity contribution in [1.29, 1.82) is 0 Å². The highest BCUT2D eigenvalue weighted by molar-refractivity contribution is 14.1. The van der Waals surface area contributed by atoms with Crippen molar-refractivity contribution in [3.8, 4) is 0 Å². The molecule has 0 atom stereocenters. The summed E-state index contributed by atoms with van der Waals surface area (Å²) in [5.41, 5.74) is 0.859. The average Bonchev–Trinajstić information content (AvgIpc) is 2.34. The van der Waals surface area contributed by atoms with E-state index in [2.05, 4.69) is 38.2 Å². The molecule has 0 saturated carbocycles. The summed E-state index contributed by atoms with van der Waals surface area (Å²) < 4.78 is 1.11. The van der Waals surface area contributed by atoms with Crippen molar-refractivity contribution in [3.63, 3.8) is 0 Å². The van der Waals surface area contributed by atoms with Gasteiger partial charge in [-0.15, -0.1) is 0 Å². The molecule has 3 nitrogen and oxygen atoms in total. The predicted octanol–water partition coefficient (Wildman–Crippen LogP) is 4.52. The van der Waals surface area contributed by atoms with Crippen molar-refractivity contribution in [2.24, 2.45) is 0 Å².